The first kappa shape index (κ1) is 13.1. The number of aromatic nitrogens is 1. The number of rotatable bonds is 3. The molecule has 0 aliphatic heterocycles. The molecule has 1 N–H and O–H groups in total. The molecule has 0 bridgehead atoms. The van der Waals surface area contributed by atoms with E-state index in [1.165, 1.54) is 0 Å². The van der Waals surface area contributed by atoms with Gasteiger partial charge in [-0.1, -0.05) is 40.9 Å². The maximum Gasteiger partial charge on any atom is 0.0831 e. The van der Waals surface area contributed by atoms with Gasteiger partial charge < -0.3 is 5.11 Å². The van der Waals surface area contributed by atoms with Crippen LogP contribution in [0.4, 0.5) is 0 Å². The lowest BCUT2D eigenvalue weighted by molar-refractivity contribution is 0.178. The first-order valence-electron chi connectivity index (χ1n) is 5.91. The molecular formula is C15H16ClNO. The molecule has 94 valence electrons. The number of benzene rings is 1. The lowest BCUT2D eigenvalue weighted by atomic mass is 9.98. The highest BCUT2D eigenvalue weighted by Gasteiger charge is 2.11. The highest BCUT2D eigenvalue weighted by molar-refractivity contribution is 6.31. The fraction of sp³-hybridized carbons (Fsp3) is 0.267. The number of aliphatic hydroxyl groups is 1. The van der Waals surface area contributed by atoms with Crippen molar-refractivity contribution >= 4 is 11.6 Å². The molecule has 0 amide bonds. The SMILES string of the molecule is Cc1cc(C)cc(C(O)Cc2ccncc2Cl)c1. The number of aliphatic hydroxyl groups excluding tert-OH is 1. The van der Waals surface area contributed by atoms with Crippen LogP contribution in [0, 0.1) is 13.8 Å². The minimum atomic E-state index is -0.538. The Morgan fingerprint density at radius 1 is 1.22 bits per heavy atom. The van der Waals surface area contributed by atoms with Crippen molar-refractivity contribution in [2.24, 2.45) is 0 Å². The zero-order valence-corrected chi connectivity index (χ0v) is 11.3. The Morgan fingerprint density at radius 2 is 1.89 bits per heavy atom. The lowest BCUT2D eigenvalue weighted by Crippen LogP contribution is -2.03. The van der Waals surface area contributed by atoms with Crippen LogP contribution >= 0.6 is 11.6 Å². The van der Waals surface area contributed by atoms with Crippen molar-refractivity contribution in [1.29, 1.82) is 0 Å². The third-order valence-electron chi connectivity index (χ3n) is 2.90. The van der Waals surface area contributed by atoms with Crippen molar-refractivity contribution in [3.05, 3.63) is 63.9 Å². The molecule has 18 heavy (non-hydrogen) atoms. The molecule has 1 heterocycles. The second kappa shape index (κ2) is 5.51. The molecule has 0 aliphatic carbocycles. The zero-order valence-electron chi connectivity index (χ0n) is 10.5. The summed E-state index contributed by atoms with van der Waals surface area (Å²) in [7, 11) is 0. The van der Waals surface area contributed by atoms with Gasteiger partial charge in [-0.25, -0.2) is 0 Å². The summed E-state index contributed by atoms with van der Waals surface area (Å²) in [4.78, 5) is 3.94. The third kappa shape index (κ3) is 3.09. The van der Waals surface area contributed by atoms with Crippen molar-refractivity contribution in [3.8, 4) is 0 Å². The molecule has 2 nitrogen and oxygen atoms in total. The van der Waals surface area contributed by atoms with Gasteiger partial charge in [-0.15, -0.1) is 0 Å². The molecule has 1 aromatic carbocycles. The summed E-state index contributed by atoms with van der Waals surface area (Å²) in [6.45, 7) is 4.06. The van der Waals surface area contributed by atoms with E-state index in [1.54, 1.807) is 12.4 Å². The van der Waals surface area contributed by atoms with Crippen LogP contribution in [0.25, 0.3) is 0 Å². The van der Waals surface area contributed by atoms with Gasteiger partial charge in [0.15, 0.2) is 0 Å². The summed E-state index contributed by atoms with van der Waals surface area (Å²) >= 11 is 6.04. The van der Waals surface area contributed by atoms with Crippen molar-refractivity contribution in [2.45, 2.75) is 26.4 Å². The Hall–Kier alpha value is -1.38. The van der Waals surface area contributed by atoms with Crippen LogP contribution in [0.15, 0.2) is 36.7 Å². The molecule has 1 aromatic heterocycles. The summed E-state index contributed by atoms with van der Waals surface area (Å²) in [5.74, 6) is 0. The predicted octanol–water partition coefficient (Wildman–Crippen LogP) is 3.63. The van der Waals surface area contributed by atoms with E-state index in [0.717, 1.165) is 22.3 Å². The highest BCUT2D eigenvalue weighted by atomic mass is 35.5. The minimum Gasteiger partial charge on any atom is -0.388 e. The van der Waals surface area contributed by atoms with E-state index in [2.05, 4.69) is 11.1 Å². The number of aryl methyl sites for hydroxylation is 2. The summed E-state index contributed by atoms with van der Waals surface area (Å²) in [5.41, 5.74) is 4.16. The average molecular weight is 262 g/mol. The van der Waals surface area contributed by atoms with Crippen LogP contribution in [-0.4, -0.2) is 10.1 Å². The van der Waals surface area contributed by atoms with Crippen LogP contribution in [0.1, 0.15) is 28.4 Å². The number of halogens is 1. The van der Waals surface area contributed by atoms with Crippen LogP contribution in [0.5, 0.6) is 0 Å². The van der Waals surface area contributed by atoms with Gasteiger partial charge in [-0.2, -0.15) is 0 Å². The fourth-order valence-electron chi connectivity index (χ4n) is 2.10. The Kier molecular flexibility index (Phi) is 4.00. The molecule has 0 fully saturated rings. The first-order chi connectivity index (χ1) is 8.56. The molecule has 0 saturated heterocycles. The van der Waals surface area contributed by atoms with E-state index in [4.69, 9.17) is 11.6 Å². The highest BCUT2D eigenvalue weighted by Crippen LogP contribution is 2.24. The van der Waals surface area contributed by atoms with E-state index in [-0.39, 0.29) is 0 Å². The van der Waals surface area contributed by atoms with Crippen molar-refractivity contribution in [1.82, 2.24) is 4.98 Å². The quantitative estimate of drug-likeness (QED) is 0.915. The molecule has 0 radical (unpaired) electrons. The molecular weight excluding hydrogens is 246 g/mol. The molecule has 0 aliphatic rings. The number of pyridine rings is 1. The maximum absolute atomic E-state index is 10.3. The zero-order chi connectivity index (χ0) is 13.1. The molecule has 1 unspecified atom stereocenters. The minimum absolute atomic E-state index is 0.504. The molecule has 1 atom stereocenters. The van der Waals surface area contributed by atoms with Gasteiger partial charge in [-0.3, -0.25) is 4.98 Å². The number of hydrogen-bond acceptors (Lipinski definition) is 2. The van der Waals surface area contributed by atoms with Crippen molar-refractivity contribution < 1.29 is 5.11 Å². The lowest BCUT2D eigenvalue weighted by Gasteiger charge is -2.13. The summed E-state index contributed by atoms with van der Waals surface area (Å²) < 4.78 is 0. The third-order valence-corrected chi connectivity index (χ3v) is 3.24. The second-order valence-corrected chi connectivity index (χ2v) is 5.02. The Balaban J connectivity index is 2.22. The van der Waals surface area contributed by atoms with E-state index < -0.39 is 6.10 Å². The smallest absolute Gasteiger partial charge is 0.0831 e. The van der Waals surface area contributed by atoms with Crippen molar-refractivity contribution in [2.75, 3.05) is 0 Å². The topological polar surface area (TPSA) is 33.1 Å². The van der Waals surface area contributed by atoms with Gasteiger partial charge in [0, 0.05) is 18.8 Å². The summed E-state index contributed by atoms with van der Waals surface area (Å²) in [5, 5.41) is 10.9. The Labute approximate surface area is 112 Å². The molecule has 2 rings (SSSR count). The molecule has 2 aromatic rings. The van der Waals surface area contributed by atoms with Gasteiger partial charge in [-0.05, 0) is 31.0 Å². The number of nitrogens with zero attached hydrogens (tertiary/aromatic N) is 1. The van der Waals surface area contributed by atoms with Gasteiger partial charge in [0.2, 0.25) is 0 Å². The van der Waals surface area contributed by atoms with Crippen LogP contribution < -0.4 is 0 Å². The van der Waals surface area contributed by atoms with E-state index >= 15 is 0 Å². The first-order valence-corrected chi connectivity index (χ1v) is 6.28. The largest absolute Gasteiger partial charge is 0.388 e. The summed E-state index contributed by atoms with van der Waals surface area (Å²) in [6, 6.07) is 7.95. The van der Waals surface area contributed by atoms with E-state index in [1.807, 2.05) is 32.0 Å². The molecule has 0 saturated carbocycles. The van der Waals surface area contributed by atoms with Gasteiger partial charge >= 0.3 is 0 Å². The second-order valence-electron chi connectivity index (χ2n) is 4.61. The Morgan fingerprint density at radius 3 is 2.50 bits per heavy atom. The van der Waals surface area contributed by atoms with Crippen LogP contribution in [0.3, 0.4) is 0 Å². The average Bonchev–Trinajstić information content (AvgIpc) is 2.31. The van der Waals surface area contributed by atoms with E-state index in [9.17, 15) is 5.11 Å². The Bertz CT molecular complexity index is 534. The van der Waals surface area contributed by atoms with Gasteiger partial charge in [0.05, 0.1) is 11.1 Å². The number of hydrogen-bond donors (Lipinski definition) is 1. The van der Waals surface area contributed by atoms with Crippen molar-refractivity contribution in [3.63, 3.8) is 0 Å². The molecule has 3 heteroatoms. The van der Waals surface area contributed by atoms with Crippen LogP contribution in [-0.2, 0) is 6.42 Å². The standard InChI is InChI=1S/C15H16ClNO/c1-10-5-11(2)7-13(6-10)15(18)8-12-3-4-17-9-14(12)16/h3-7,9,15,18H,8H2,1-2H3. The van der Waals surface area contributed by atoms with Gasteiger partial charge in [0.1, 0.15) is 0 Å². The normalized spacial score (nSPS) is 12.4. The van der Waals surface area contributed by atoms with E-state index in [0.29, 0.717) is 11.4 Å². The molecule has 0 spiro atoms. The fourth-order valence-corrected chi connectivity index (χ4v) is 2.29. The maximum atomic E-state index is 10.3. The monoisotopic (exact) mass is 261 g/mol. The van der Waals surface area contributed by atoms with Gasteiger partial charge in [0.25, 0.3) is 0 Å². The van der Waals surface area contributed by atoms with Crippen LogP contribution in [0.2, 0.25) is 5.02 Å². The predicted molar refractivity (Wildman–Crippen MR) is 73.8 cm³/mol. The summed E-state index contributed by atoms with van der Waals surface area (Å²) in [6.07, 6.45) is 3.26.